The van der Waals surface area contributed by atoms with Crippen LogP contribution in [0.1, 0.15) is 30.5 Å². The van der Waals surface area contributed by atoms with Crippen LogP contribution >= 0.6 is 11.8 Å². The highest BCUT2D eigenvalue weighted by Crippen LogP contribution is 2.25. The third-order valence-corrected chi connectivity index (χ3v) is 6.37. The van der Waals surface area contributed by atoms with Crippen molar-refractivity contribution < 1.29 is 23.9 Å². The van der Waals surface area contributed by atoms with E-state index in [1.54, 1.807) is 24.3 Å². The van der Waals surface area contributed by atoms with E-state index in [0.29, 0.717) is 35.7 Å². The highest BCUT2D eigenvalue weighted by Gasteiger charge is 2.28. The summed E-state index contributed by atoms with van der Waals surface area (Å²) in [7, 11) is 1.28. The highest BCUT2D eigenvalue weighted by molar-refractivity contribution is 8.13. The van der Waals surface area contributed by atoms with Gasteiger partial charge in [0.15, 0.2) is 11.2 Å². The smallest absolute Gasteiger partial charge is 0.333 e. The van der Waals surface area contributed by atoms with Crippen LogP contribution in [0.4, 0.5) is 0 Å². The van der Waals surface area contributed by atoms with Crippen LogP contribution in [0.2, 0.25) is 0 Å². The Labute approximate surface area is 210 Å². The van der Waals surface area contributed by atoms with Crippen molar-refractivity contribution in [1.29, 1.82) is 0 Å². The topological polar surface area (TPSA) is 81.7 Å². The number of carbonyl (C=O) groups is 3. The molecule has 0 bridgehead atoms. The molecule has 0 aromatic heterocycles. The number of rotatable bonds is 11. The summed E-state index contributed by atoms with van der Waals surface area (Å²) in [6, 6.07) is 25.2. The van der Waals surface area contributed by atoms with Gasteiger partial charge in [-0.2, -0.15) is 0 Å². The summed E-state index contributed by atoms with van der Waals surface area (Å²) < 4.78 is 10.8. The predicted molar refractivity (Wildman–Crippen MR) is 137 cm³/mol. The molecule has 2 unspecified atom stereocenters. The number of methoxy groups -OCH3 is 1. The van der Waals surface area contributed by atoms with Crippen molar-refractivity contribution in [2.75, 3.05) is 12.9 Å². The zero-order chi connectivity index (χ0) is 25.0. The van der Waals surface area contributed by atoms with Crippen molar-refractivity contribution in [2.45, 2.75) is 25.8 Å². The zero-order valence-electron chi connectivity index (χ0n) is 19.8. The van der Waals surface area contributed by atoms with E-state index in [1.807, 2.05) is 60.7 Å². The Morgan fingerprint density at radius 1 is 0.857 bits per heavy atom. The lowest BCUT2D eigenvalue weighted by atomic mass is 9.99. The molecule has 0 fully saturated rings. The standard InChI is InChI=1S/C28H29NO5S/c1-20(30)35-19-23(14-13-21-9-5-3-6-10-21)27(31)29-26(28(32)33-2)22-15-17-25(18-16-22)34-24-11-7-4-8-12-24/h3-12,15-18,23,26H,13-14,19H2,1-2H3,(H,29,31). The first-order valence-corrected chi connectivity index (χ1v) is 12.3. The number of ether oxygens (including phenoxy) is 2. The van der Waals surface area contributed by atoms with Crippen LogP contribution in [0, 0.1) is 5.92 Å². The molecule has 2 atom stereocenters. The maximum absolute atomic E-state index is 13.2. The van der Waals surface area contributed by atoms with Gasteiger partial charge in [0.25, 0.3) is 0 Å². The van der Waals surface area contributed by atoms with Gasteiger partial charge in [-0.3, -0.25) is 9.59 Å². The van der Waals surface area contributed by atoms with E-state index < -0.39 is 17.9 Å². The molecule has 1 N–H and O–H groups in total. The van der Waals surface area contributed by atoms with Gasteiger partial charge in [0.1, 0.15) is 11.5 Å². The molecule has 0 aliphatic heterocycles. The van der Waals surface area contributed by atoms with Gasteiger partial charge in [-0.05, 0) is 48.2 Å². The molecule has 0 radical (unpaired) electrons. The summed E-state index contributed by atoms with van der Waals surface area (Å²) in [5, 5.41) is 2.78. The number of hydrogen-bond acceptors (Lipinski definition) is 6. The fraction of sp³-hybridized carbons (Fsp3) is 0.250. The number of thioether (sulfide) groups is 1. The van der Waals surface area contributed by atoms with E-state index in [0.717, 1.165) is 17.3 Å². The second-order valence-corrected chi connectivity index (χ2v) is 9.17. The first-order valence-electron chi connectivity index (χ1n) is 11.3. The highest BCUT2D eigenvalue weighted by atomic mass is 32.2. The van der Waals surface area contributed by atoms with Crippen LogP contribution in [0.15, 0.2) is 84.9 Å². The summed E-state index contributed by atoms with van der Waals surface area (Å²) in [4.78, 5) is 37.3. The van der Waals surface area contributed by atoms with Crippen molar-refractivity contribution in [3.63, 3.8) is 0 Å². The van der Waals surface area contributed by atoms with Gasteiger partial charge in [0.2, 0.25) is 5.91 Å². The van der Waals surface area contributed by atoms with Crippen molar-refractivity contribution in [3.05, 3.63) is 96.1 Å². The summed E-state index contributed by atoms with van der Waals surface area (Å²) >= 11 is 1.11. The van der Waals surface area contributed by atoms with E-state index in [4.69, 9.17) is 9.47 Å². The first kappa shape index (κ1) is 26.0. The van der Waals surface area contributed by atoms with Crippen molar-refractivity contribution >= 4 is 28.8 Å². The number of hydrogen-bond donors (Lipinski definition) is 1. The second kappa shape index (κ2) is 13.3. The Kier molecular flexibility index (Phi) is 9.93. The number of amides is 1. The van der Waals surface area contributed by atoms with Gasteiger partial charge in [-0.25, -0.2) is 4.79 Å². The number of aryl methyl sites for hydroxylation is 1. The summed E-state index contributed by atoms with van der Waals surface area (Å²) in [6.45, 7) is 1.48. The van der Waals surface area contributed by atoms with E-state index in [2.05, 4.69) is 5.32 Å². The fourth-order valence-electron chi connectivity index (χ4n) is 3.50. The monoisotopic (exact) mass is 491 g/mol. The number of carbonyl (C=O) groups excluding carboxylic acids is 3. The van der Waals surface area contributed by atoms with Crippen LogP contribution in [0.25, 0.3) is 0 Å². The summed E-state index contributed by atoms with van der Waals surface area (Å²) in [5.41, 5.74) is 1.68. The second-order valence-electron chi connectivity index (χ2n) is 7.97. The average Bonchev–Trinajstić information content (AvgIpc) is 2.88. The van der Waals surface area contributed by atoms with Gasteiger partial charge in [-0.15, -0.1) is 0 Å². The quantitative estimate of drug-likeness (QED) is 0.365. The lowest BCUT2D eigenvalue weighted by Gasteiger charge is -2.21. The van der Waals surface area contributed by atoms with Crippen LogP contribution < -0.4 is 10.1 Å². The average molecular weight is 492 g/mol. The Balaban J connectivity index is 1.72. The minimum atomic E-state index is -0.972. The van der Waals surface area contributed by atoms with Gasteiger partial charge in [0, 0.05) is 18.6 Å². The molecule has 3 aromatic carbocycles. The lowest BCUT2D eigenvalue weighted by Crippen LogP contribution is -2.39. The van der Waals surface area contributed by atoms with Gasteiger partial charge >= 0.3 is 5.97 Å². The molecular weight excluding hydrogens is 462 g/mol. The third kappa shape index (κ3) is 8.30. The Bertz CT molecular complexity index is 1100. The Morgan fingerprint density at radius 2 is 1.46 bits per heavy atom. The number of para-hydroxylation sites is 1. The van der Waals surface area contributed by atoms with Crippen LogP contribution in [0.5, 0.6) is 11.5 Å². The molecular formula is C28H29NO5S. The molecule has 0 saturated heterocycles. The molecule has 0 spiro atoms. The molecule has 3 rings (SSSR count). The van der Waals surface area contributed by atoms with E-state index in [1.165, 1.54) is 14.0 Å². The maximum Gasteiger partial charge on any atom is 0.333 e. The fourth-order valence-corrected chi connectivity index (χ4v) is 4.26. The largest absolute Gasteiger partial charge is 0.467 e. The molecule has 6 nitrogen and oxygen atoms in total. The van der Waals surface area contributed by atoms with Crippen LogP contribution in [0.3, 0.4) is 0 Å². The van der Waals surface area contributed by atoms with E-state index in [-0.39, 0.29) is 11.0 Å². The van der Waals surface area contributed by atoms with Gasteiger partial charge in [0.05, 0.1) is 7.11 Å². The minimum Gasteiger partial charge on any atom is -0.467 e. The van der Waals surface area contributed by atoms with E-state index >= 15 is 0 Å². The number of esters is 1. The normalized spacial score (nSPS) is 12.3. The molecule has 182 valence electrons. The van der Waals surface area contributed by atoms with Crippen molar-refractivity contribution in [2.24, 2.45) is 5.92 Å². The Hall–Kier alpha value is -3.58. The van der Waals surface area contributed by atoms with Gasteiger partial charge in [-0.1, -0.05) is 72.4 Å². The molecule has 7 heteroatoms. The molecule has 1 amide bonds. The number of benzene rings is 3. The van der Waals surface area contributed by atoms with Crippen LogP contribution in [-0.4, -0.2) is 29.9 Å². The SMILES string of the molecule is COC(=O)C(NC(=O)C(CCc1ccccc1)CSC(C)=O)c1ccc(Oc2ccccc2)cc1. The van der Waals surface area contributed by atoms with Gasteiger partial charge < -0.3 is 14.8 Å². The first-order chi connectivity index (χ1) is 17.0. The number of nitrogens with one attached hydrogen (secondary N) is 1. The minimum absolute atomic E-state index is 0.0546. The summed E-state index contributed by atoms with van der Waals surface area (Å²) in [6.07, 6.45) is 1.24. The Morgan fingerprint density at radius 3 is 2.06 bits per heavy atom. The molecule has 0 aliphatic carbocycles. The maximum atomic E-state index is 13.2. The lowest BCUT2D eigenvalue weighted by molar-refractivity contribution is -0.145. The predicted octanol–water partition coefficient (Wildman–Crippen LogP) is 5.34. The molecule has 35 heavy (non-hydrogen) atoms. The third-order valence-electron chi connectivity index (χ3n) is 5.40. The van der Waals surface area contributed by atoms with Crippen LogP contribution in [-0.2, 0) is 25.5 Å². The molecule has 0 heterocycles. The molecule has 0 aliphatic rings. The van der Waals surface area contributed by atoms with E-state index in [9.17, 15) is 14.4 Å². The summed E-state index contributed by atoms with van der Waals surface area (Å²) in [5.74, 6) is 0.324. The van der Waals surface area contributed by atoms with Crippen molar-refractivity contribution in [3.8, 4) is 11.5 Å². The molecule has 3 aromatic rings. The zero-order valence-corrected chi connectivity index (χ0v) is 20.6. The van der Waals surface area contributed by atoms with Crippen molar-refractivity contribution in [1.82, 2.24) is 5.32 Å². The molecule has 0 saturated carbocycles.